The number of ether oxygens (including phenoxy) is 1. The van der Waals surface area contributed by atoms with E-state index in [2.05, 4.69) is 44.0 Å². The molecule has 1 amide bonds. The van der Waals surface area contributed by atoms with Gasteiger partial charge in [-0.1, -0.05) is 39.8 Å². The van der Waals surface area contributed by atoms with Gasteiger partial charge in [0.2, 0.25) is 5.91 Å². The average Bonchev–Trinajstić information content (AvgIpc) is 2.74. The summed E-state index contributed by atoms with van der Waals surface area (Å²) in [6, 6.07) is 7.84. The van der Waals surface area contributed by atoms with Gasteiger partial charge in [-0.2, -0.15) is 0 Å². The Hall–Kier alpha value is -2.08. The minimum absolute atomic E-state index is 0.0217. The van der Waals surface area contributed by atoms with Crippen LogP contribution in [0.5, 0.6) is 5.75 Å². The summed E-state index contributed by atoms with van der Waals surface area (Å²) in [5.41, 5.74) is 1.27. The zero-order valence-corrected chi connectivity index (χ0v) is 21.2. The van der Waals surface area contributed by atoms with Gasteiger partial charge in [0.1, 0.15) is 5.75 Å². The van der Waals surface area contributed by atoms with E-state index in [1.807, 2.05) is 12.1 Å². The van der Waals surface area contributed by atoms with Gasteiger partial charge >= 0.3 is 5.97 Å². The lowest BCUT2D eigenvalue weighted by Gasteiger charge is -2.45. The Labute approximate surface area is 200 Å². The maximum Gasteiger partial charge on any atom is 0.305 e. The van der Waals surface area contributed by atoms with Crippen molar-refractivity contribution < 1.29 is 19.4 Å². The Morgan fingerprint density at radius 1 is 1.30 bits per heavy atom. The number of amides is 1. The number of phenolic OH excluding ortho intramolecular Hbond substituents is 1. The van der Waals surface area contributed by atoms with Crippen molar-refractivity contribution in [2.45, 2.75) is 84.6 Å². The van der Waals surface area contributed by atoms with Gasteiger partial charge in [-0.3, -0.25) is 9.59 Å². The van der Waals surface area contributed by atoms with Crippen LogP contribution in [0.4, 0.5) is 0 Å². The van der Waals surface area contributed by atoms with Crippen LogP contribution in [0.2, 0.25) is 0 Å². The highest BCUT2D eigenvalue weighted by molar-refractivity contribution is 5.77. The van der Waals surface area contributed by atoms with Gasteiger partial charge in [-0.25, -0.2) is 0 Å². The number of nitrogens with one attached hydrogen (secondary N) is 1. The molecule has 0 bridgehead atoms. The number of carbonyl (C=O) groups excluding carboxylic acids is 2. The minimum Gasteiger partial charge on any atom is -0.508 e. The van der Waals surface area contributed by atoms with Gasteiger partial charge in [-0.05, 0) is 74.1 Å². The van der Waals surface area contributed by atoms with Crippen molar-refractivity contribution in [3.8, 4) is 5.75 Å². The number of phenols is 1. The maximum atomic E-state index is 12.4. The Morgan fingerprint density at radius 3 is 2.70 bits per heavy atom. The van der Waals surface area contributed by atoms with Crippen molar-refractivity contribution in [1.82, 2.24) is 10.2 Å². The fourth-order valence-corrected chi connectivity index (χ4v) is 4.89. The molecule has 2 rings (SSSR count). The van der Waals surface area contributed by atoms with Crippen LogP contribution in [-0.4, -0.2) is 54.2 Å². The third-order valence-corrected chi connectivity index (χ3v) is 7.08. The average molecular weight is 461 g/mol. The first kappa shape index (κ1) is 27.2. The molecule has 0 aliphatic carbocycles. The number of hydrogen-bond acceptors (Lipinski definition) is 5. The molecule has 1 aliphatic rings. The number of carbonyl (C=O) groups is 2. The molecule has 1 aromatic carbocycles. The lowest BCUT2D eigenvalue weighted by Crippen LogP contribution is -2.48. The summed E-state index contributed by atoms with van der Waals surface area (Å²) < 4.78 is 4.93. The number of esters is 1. The van der Waals surface area contributed by atoms with Crippen LogP contribution in [0.25, 0.3) is 0 Å². The number of benzene rings is 1. The van der Waals surface area contributed by atoms with E-state index in [4.69, 9.17) is 4.74 Å². The van der Waals surface area contributed by atoms with E-state index in [-0.39, 0.29) is 23.3 Å². The number of aromatic hydroxyl groups is 1. The zero-order valence-electron chi connectivity index (χ0n) is 21.2. The first-order valence-corrected chi connectivity index (χ1v) is 12.6. The van der Waals surface area contributed by atoms with E-state index in [0.29, 0.717) is 43.5 Å². The number of hydrogen-bond donors (Lipinski definition) is 2. The largest absolute Gasteiger partial charge is 0.508 e. The molecule has 1 unspecified atom stereocenters. The normalized spacial score (nSPS) is 22.2. The Morgan fingerprint density at radius 2 is 2.06 bits per heavy atom. The summed E-state index contributed by atoms with van der Waals surface area (Å²) in [4.78, 5) is 26.4. The van der Waals surface area contributed by atoms with E-state index < -0.39 is 0 Å². The molecule has 1 fully saturated rings. The third-order valence-electron chi connectivity index (χ3n) is 7.08. The number of piperidine rings is 1. The molecule has 186 valence electrons. The topological polar surface area (TPSA) is 78.9 Å². The Bertz CT molecular complexity index is 766. The summed E-state index contributed by atoms with van der Waals surface area (Å²) in [7, 11) is 0. The molecule has 0 aromatic heterocycles. The molecule has 6 nitrogen and oxygen atoms in total. The number of nitrogens with zero attached hydrogens (tertiary/aromatic N) is 1. The minimum atomic E-state index is -0.235. The first-order chi connectivity index (χ1) is 15.6. The highest BCUT2D eigenvalue weighted by Gasteiger charge is 2.38. The predicted molar refractivity (Wildman–Crippen MR) is 132 cm³/mol. The Kier molecular flexibility index (Phi) is 10.7. The van der Waals surface area contributed by atoms with Crippen molar-refractivity contribution in [2.75, 3.05) is 26.2 Å². The quantitative estimate of drug-likeness (QED) is 0.444. The van der Waals surface area contributed by atoms with Gasteiger partial charge in [0, 0.05) is 32.0 Å². The molecule has 0 saturated carbocycles. The standard InChI is InChI=1S/C27H44N2O4/c1-6-33-26(32)12-8-11-25(31)28-23(17-20(2)3)13-15-29-16-14-27(5,21(4)19-29)22-9-7-10-24(30)18-22/h7,9-10,18,20-21,23,30H,6,8,11-17,19H2,1-5H3,(H,28,31)/t21-,23?,27-/m0/s1. The van der Waals surface area contributed by atoms with E-state index in [0.717, 1.165) is 38.9 Å². The van der Waals surface area contributed by atoms with E-state index >= 15 is 0 Å². The van der Waals surface area contributed by atoms with Gasteiger partial charge in [0.15, 0.2) is 0 Å². The van der Waals surface area contributed by atoms with Gasteiger partial charge in [0.25, 0.3) is 0 Å². The van der Waals surface area contributed by atoms with Crippen LogP contribution >= 0.6 is 0 Å². The van der Waals surface area contributed by atoms with E-state index in [9.17, 15) is 14.7 Å². The third kappa shape index (κ3) is 8.65. The molecule has 3 atom stereocenters. The molecule has 1 aromatic rings. The van der Waals surface area contributed by atoms with Crippen molar-refractivity contribution in [3.63, 3.8) is 0 Å². The summed E-state index contributed by atoms with van der Waals surface area (Å²) in [6.07, 6.45) is 4.10. The van der Waals surface area contributed by atoms with Crippen LogP contribution < -0.4 is 5.32 Å². The van der Waals surface area contributed by atoms with Crippen LogP contribution in [0.15, 0.2) is 24.3 Å². The van der Waals surface area contributed by atoms with E-state index in [1.165, 1.54) is 5.56 Å². The van der Waals surface area contributed by atoms with Crippen molar-refractivity contribution in [2.24, 2.45) is 11.8 Å². The predicted octanol–water partition coefficient (Wildman–Crippen LogP) is 4.65. The van der Waals surface area contributed by atoms with Crippen LogP contribution in [0.1, 0.15) is 78.7 Å². The molecular weight excluding hydrogens is 416 g/mol. The molecule has 1 heterocycles. The molecule has 0 radical (unpaired) electrons. The summed E-state index contributed by atoms with van der Waals surface area (Å²) >= 11 is 0. The lowest BCUT2D eigenvalue weighted by molar-refractivity contribution is -0.143. The number of likely N-dealkylation sites (tertiary alicyclic amines) is 1. The highest BCUT2D eigenvalue weighted by atomic mass is 16.5. The summed E-state index contributed by atoms with van der Waals surface area (Å²) in [5, 5.41) is 13.1. The molecule has 1 aliphatic heterocycles. The van der Waals surface area contributed by atoms with Gasteiger partial charge < -0.3 is 20.1 Å². The van der Waals surface area contributed by atoms with Crippen molar-refractivity contribution >= 4 is 11.9 Å². The fourth-order valence-electron chi connectivity index (χ4n) is 4.89. The van der Waals surface area contributed by atoms with Crippen LogP contribution in [-0.2, 0) is 19.7 Å². The smallest absolute Gasteiger partial charge is 0.305 e. The fraction of sp³-hybridized carbons (Fsp3) is 0.704. The second-order valence-corrected chi connectivity index (χ2v) is 10.3. The Balaban J connectivity index is 1.84. The van der Waals surface area contributed by atoms with E-state index in [1.54, 1.807) is 13.0 Å². The summed E-state index contributed by atoms with van der Waals surface area (Å²) in [6.45, 7) is 14.1. The first-order valence-electron chi connectivity index (χ1n) is 12.6. The van der Waals surface area contributed by atoms with Crippen molar-refractivity contribution in [1.29, 1.82) is 0 Å². The van der Waals surface area contributed by atoms with Crippen LogP contribution in [0.3, 0.4) is 0 Å². The monoisotopic (exact) mass is 460 g/mol. The van der Waals surface area contributed by atoms with Gasteiger partial charge in [0.05, 0.1) is 6.61 Å². The second kappa shape index (κ2) is 13.0. The van der Waals surface area contributed by atoms with Crippen molar-refractivity contribution in [3.05, 3.63) is 29.8 Å². The maximum absolute atomic E-state index is 12.4. The highest BCUT2D eigenvalue weighted by Crippen LogP contribution is 2.40. The molecule has 2 N–H and O–H groups in total. The summed E-state index contributed by atoms with van der Waals surface area (Å²) in [5.74, 6) is 1.09. The molecule has 6 heteroatoms. The van der Waals surface area contributed by atoms with Gasteiger partial charge in [-0.15, -0.1) is 0 Å². The molecule has 0 spiro atoms. The molecule has 1 saturated heterocycles. The molecular formula is C27H44N2O4. The second-order valence-electron chi connectivity index (χ2n) is 10.3. The number of rotatable bonds is 12. The molecule has 33 heavy (non-hydrogen) atoms. The lowest BCUT2D eigenvalue weighted by atomic mass is 9.68. The van der Waals surface area contributed by atoms with Crippen LogP contribution in [0, 0.1) is 11.8 Å². The SMILES string of the molecule is CCOC(=O)CCCC(=O)NC(CCN1CC[C@](C)(c2cccc(O)c2)[C@@H](C)C1)CC(C)C. The zero-order chi connectivity index (χ0) is 24.4.